The zero-order valence-electron chi connectivity index (χ0n) is 4.85. The highest BCUT2D eigenvalue weighted by atomic mass is 80.0. The lowest BCUT2D eigenvalue weighted by Gasteiger charge is -1.70. The van der Waals surface area contributed by atoms with Gasteiger partial charge in [-0.25, -0.2) is 9.97 Å². The van der Waals surface area contributed by atoms with E-state index in [2.05, 4.69) is 9.97 Å². The molecule has 0 aliphatic rings. The van der Waals surface area contributed by atoms with Crippen LogP contribution >= 0.6 is 0 Å². The van der Waals surface area contributed by atoms with Gasteiger partial charge in [0.05, 0.1) is 0 Å². The Balaban J connectivity index is 0.000000180. The van der Waals surface area contributed by atoms with Gasteiger partial charge in [0.1, 0.15) is 6.33 Å². The second-order valence-corrected chi connectivity index (χ2v) is 1.95. The number of hydrogen-bond acceptors (Lipinski definition) is 5. The lowest BCUT2D eigenvalue weighted by atomic mass is 10.7. The van der Waals surface area contributed by atoms with Gasteiger partial charge in [-0.1, -0.05) is 0 Å². The summed E-state index contributed by atoms with van der Waals surface area (Å²) in [5.74, 6) is 0. The minimum Gasteiger partial charge on any atom is -0.372 e. The second-order valence-electron chi connectivity index (χ2n) is 1.11. The van der Waals surface area contributed by atoms with Crippen molar-refractivity contribution in [3.8, 4) is 0 Å². The first-order valence-corrected chi connectivity index (χ1v) is 4.18. The Morgan fingerprint density at radius 3 is 1.70 bits per heavy atom. The molecule has 1 aromatic heterocycles. The third-order valence-electron chi connectivity index (χ3n) is 0.478. The second kappa shape index (κ2) is 6.56. The van der Waals surface area contributed by atoms with E-state index in [4.69, 9.17) is 12.6 Å². The maximum absolute atomic E-state index is 8.63. The van der Waals surface area contributed by atoms with Crippen molar-refractivity contribution in [2.24, 2.45) is 0 Å². The summed E-state index contributed by atoms with van der Waals surface area (Å²) >= 11 is -3.40. The molecule has 5 nitrogen and oxygen atoms in total. The van der Waals surface area contributed by atoms with Gasteiger partial charge in [-0.15, -0.1) is 0 Å². The summed E-state index contributed by atoms with van der Waals surface area (Å²) in [7, 11) is 0. The first-order chi connectivity index (χ1) is 4.73. The maximum Gasteiger partial charge on any atom is 0.433 e. The summed E-state index contributed by atoms with van der Waals surface area (Å²) < 4.78 is 24.3. The van der Waals surface area contributed by atoms with Gasteiger partial charge < -0.3 is 8.40 Å². The van der Waals surface area contributed by atoms with Gasteiger partial charge in [-0.2, -0.15) is 0 Å². The summed E-state index contributed by atoms with van der Waals surface area (Å²) in [5.41, 5.74) is 0. The number of rotatable bonds is 0. The molecule has 0 aliphatic carbocycles. The zero-order valence-corrected chi connectivity index (χ0v) is 6.43. The summed E-state index contributed by atoms with van der Waals surface area (Å²) in [6.45, 7) is 0. The average Bonchev–Trinajstić information content (AvgIpc) is 1.90. The Bertz CT molecular complexity index is 119. The van der Waals surface area contributed by atoms with E-state index in [1.54, 1.807) is 18.5 Å². The Hall–Kier alpha value is -0.560. The molecule has 0 aromatic carbocycles. The minimum absolute atomic E-state index is 1.50. The van der Waals surface area contributed by atoms with Crippen LogP contribution in [0.2, 0.25) is 0 Å². The lowest BCUT2D eigenvalue weighted by molar-refractivity contribution is -1.63. The highest BCUT2D eigenvalue weighted by molar-refractivity contribution is 4.74. The number of nitrogens with zero attached hydrogens (tertiary/aromatic N) is 2. The fourth-order valence-electron chi connectivity index (χ4n) is 0.253. The molecule has 0 unspecified atom stereocenters. The van der Waals surface area contributed by atoms with Crippen molar-refractivity contribution in [2.75, 3.05) is 0 Å². The lowest BCUT2D eigenvalue weighted by Crippen LogP contribution is -2.30. The molecule has 1 N–H and O–H groups in total. The molecule has 1 heterocycles. The van der Waals surface area contributed by atoms with Crippen LogP contribution in [0.4, 0.5) is 0 Å². The topological polar surface area (TPSA) is 92.1 Å². The summed E-state index contributed by atoms with van der Waals surface area (Å²) in [6.07, 6.45) is 4.88. The molecule has 0 fully saturated rings. The van der Waals surface area contributed by atoms with Crippen LogP contribution in [0.5, 0.6) is 0 Å². The molecular weight excluding hydrogens is 204 g/mol. The number of halogens is 1. The van der Waals surface area contributed by atoms with Gasteiger partial charge in [-0.05, 0) is 10.3 Å². The standard InChI is InChI=1S/C4H4N2.BrHO3/c1-2-5-4-6-3-1;2-1(3)4/h1-4H;2H. The van der Waals surface area contributed by atoms with E-state index >= 15 is 0 Å². The summed E-state index contributed by atoms with van der Waals surface area (Å²) in [5, 5.41) is 0. The first kappa shape index (κ1) is 9.44. The van der Waals surface area contributed by atoms with Gasteiger partial charge in [0.15, 0.2) is 0 Å². The van der Waals surface area contributed by atoms with Crippen molar-refractivity contribution < 1.29 is 27.4 Å². The number of hydrogen-bond donors (Lipinski definition) is 1. The molecule has 0 saturated carbocycles. The normalized spacial score (nSPS) is 8.40. The molecule has 0 saturated heterocycles. The van der Waals surface area contributed by atoms with E-state index in [-0.39, 0.29) is 0 Å². The maximum atomic E-state index is 8.63. The quantitative estimate of drug-likeness (QED) is 0.511. The molecule has 56 valence electrons. The van der Waals surface area contributed by atoms with E-state index in [0.717, 1.165) is 0 Å². The summed E-state index contributed by atoms with van der Waals surface area (Å²) in [6, 6.07) is 1.78. The molecule has 0 radical (unpaired) electrons. The minimum atomic E-state index is -3.40. The first-order valence-electron chi connectivity index (χ1n) is 2.18. The predicted molar refractivity (Wildman–Crippen MR) is 24.3 cm³/mol. The third-order valence-corrected chi connectivity index (χ3v) is 0.478. The van der Waals surface area contributed by atoms with Gasteiger partial charge >= 0.3 is 14.8 Å². The third kappa shape index (κ3) is 10.4. The van der Waals surface area contributed by atoms with E-state index in [1.165, 1.54) is 6.33 Å². The van der Waals surface area contributed by atoms with Crippen LogP contribution in [-0.4, -0.2) is 14.2 Å². The van der Waals surface area contributed by atoms with E-state index in [1.807, 2.05) is 0 Å². The highest BCUT2D eigenvalue weighted by Gasteiger charge is 1.86. The molecule has 0 spiro atoms. The van der Waals surface area contributed by atoms with Crippen LogP contribution in [0.15, 0.2) is 24.8 Å². The molecule has 1 rings (SSSR count). The largest absolute Gasteiger partial charge is 0.433 e. The fourth-order valence-corrected chi connectivity index (χ4v) is 0.253. The Labute approximate surface area is 62.8 Å². The monoisotopic (exact) mass is 208 g/mol. The van der Waals surface area contributed by atoms with E-state index < -0.39 is 14.8 Å². The van der Waals surface area contributed by atoms with Gasteiger partial charge in [0.2, 0.25) is 0 Å². The van der Waals surface area contributed by atoms with Gasteiger partial charge in [-0.3, -0.25) is 0 Å². The van der Waals surface area contributed by atoms with Crippen molar-refractivity contribution in [2.45, 2.75) is 0 Å². The summed E-state index contributed by atoms with van der Waals surface area (Å²) in [4.78, 5) is 7.35. The van der Waals surface area contributed by atoms with Gasteiger partial charge in [0, 0.05) is 12.4 Å². The molecule has 0 amide bonds. The van der Waals surface area contributed by atoms with Crippen LogP contribution in [0.25, 0.3) is 0 Å². The molecule has 10 heavy (non-hydrogen) atoms. The Morgan fingerprint density at radius 2 is 1.60 bits per heavy atom. The smallest absolute Gasteiger partial charge is 0.372 e. The average molecular weight is 209 g/mol. The van der Waals surface area contributed by atoms with Crippen LogP contribution in [0.1, 0.15) is 0 Å². The van der Waals surface area contributed by atoms with E-state index in [0.29, 0.717) is 0 Å². The van der Waals surface area contributed by atoms with Crippen LogP contribution in [-0.2, 0) is 0 Å². The Kier molecular flexibility index (Phi) is 6.19. The molecule has 1 aromatic rings. The van der Waals surface area contributed by atoms with Crippen LogP contribution in [0.3, 0.4) is 0 Å². The van der Waals surface area contributed by atoms with Crippen molar-refractivity contribution in [3.05, 3.63) is 24.8 Å². The molecule has 0 bridgehead atoms. The predicted octanol–water partition coefficient (Wildman–Crippen LogP) is -2.46. The fraction of sp³-hybridized carbons (Fsp3) is 0. The van der Waals surface area contributed by atoms with Crippen molar-refractivity contribution in [1.82, 2.24) is 9.97 Å². The molecule has 0 aliphatic heterocycles. The van der Waals surface area contributed by atoms with Crippen molar-refractivity contribution in [3.63, 3.8) is 0 Å². The number of aromatic nitrogens is 2. The molecule has 0 atom stereocenters. The van der Waals surface area contributed by atoms with Crippen LogP contribution < -0.4 is 8.40 Å². The SMILES string of the molecule is [O-][Br+2]([O-])O.c1cncnc1. The molecule has 6 heteroatoms. The van der Waals surface area contributed by atoms with Gasteiger partial charge in [0.25, 0.3) is 0 Å². The Morgan fingerprint density at radius 1 is 1.20 bits per heavy atom. The zero-order chi connectivity index (χ0) is 7.82. The molecular formula is C4H5BrN2O3. The van der Waals surface area contributed by atoms with Crippen LogP contribution in [0, 0.1) is 14.8 Å². The van der Waals surface area contributed by atoms with Crippen molar-refractivity contribution >= 4 is 0 Å². The van der Waals surface area contributed by atoms with Crippen molar-refractivity contribution in [1.29, 1.82) is 0 Å². The highest BCUT2D eigenvalue weighted by Crippen LogP contribution is 1.66. The van der Waals surface area contributed by atoms with E-state index in [9.17, 15) is 0 Å².